The van der Waals surface area contributed by atoms with Crippen LogP contribution in [0.1, 0.15) is 37.3 Å². The predicted octanol–water partition coefficient (Wildman–Crippen LogP) is 3.32. The van der Waals surface area contributed by atoms with Gasteiger partial charge in [0, 0.05) is 37.8 Å². The maximum Gasteiger partial charge on any atom is 0.141 e. The van der Waals surface area contributed by atoms with Gasteiger partial charge in [0.25, 0.3) is 0 Å². The van der Waals surface area contributed by atoms with Crippen LogP contribution in [-0.4, -0.2) is 36.2 Å². The van der Waals surface area contributed by atoms with Crippen LogP contribution in [0.3, 0.4) is 0 Å². The summed E-state index contributed by atoms with van der Waals surface area (Å²) in [5.41, 5.74) is 0.399. The summed E-state index contributed by atoms with van der Waals surface area (Å²) in [6, 6.07) is 2.74. The lowest BCUT2D eigenvalue weighted by molar-refractivity contribution is 0.120. The van der Waals surface area contributed by atoms with Gasteiger partial charge in [0.2, 0.25) is 0 Å². The van der Waals surface area contributed by atoms with E-state index in [4.69, 9.17) is 11.6 Å². The number of halogens is 2. The van der Waals surface area contributed by atoms with Crippen LogP contribution < -0.4 is 5.32 Å². The highest BCUT2D eigenvalue weighted by Crippen LogP contribution is 2.45. The van der Waals surface area contributed by atoms with Gasteiger partial charge in [0.1, 0.15) is 11.6 Å². The number of hydrogen-bond donors (Lipinski definition) is 2. The number of piperazine rings is 1. The van der Waals surface area contributed by atoms with E-state index in [1.165, 1.54) is 25.0 Å². The molecule has 0 bridgehead atoms. The third kappa shape index (κ3) is 3.03. The molecule has 1 aliphatic heterocycles. The zero-order chi connectivity index (χ0) is 14.8. The number of hydrogen-bond acceptors (Lipinski definition) is 3. The first-order chi connectivity index (χ1) is 10.2. The topological polar surface area (TPSA) is 35.5 Å². The van der Waals surface area contributed by atoms with E-state index in [1.54, 1.807) is 0 Å². The molecule has 5 heteroatoms. The molecule has 0 radical (unpaired) electrons. The lowest BCUT2D eigenvalue weighted by Crippen LogP contribution is -2.47. The van der Waals surface area contributed by atoms with Crippen molar-refractivity contribution in [3.8, 4) is 5.75 Å². The molecule has 2 aliphatic rings. The summed E-state index contributed by atoms with van der Waals surface area (Å²) in [5, 5.41) is 13.9. The fraction of sp³-hybridized carbons (Fsp3) is 0.625. The smallest absolute Gasteiger partial charge is 0.141 e. The summed E-state index contributed by atoms with van der Waals surface area (Å²) in [5.74, 6) is -0.0126. The van der Waals surface area contributed by atoms with E-state index in [2.05, 4.69) is 10.2 Å². The Morgan fingerprint density at radius 3 is 2.57 bits per heavy atom. The second kappa shape index (κ2) is 6.51. The summed E-state index contributed by atoms with van der Waals surface area (Å²) in [4.78, 5) is 2.31. The number of phenolic OH excluding ortho intramolecular Hbond substituents is 1. The van der Waals surface area contributed by atoms with Crippen LogP contribution in [0.25, 0.3) is 0 Å². The molecular formula is C16H22ClFN2O. The maximum atomic E-state index is 14.4. The van der Waals surface area contributed by atoms with Crippen LogP contribution in [0.5, 0.6) is 5.75 Å². The molecule has 1 heterocycles. The largest absolute Gasteiger partial charge is 0.506 e. The highest BCUT2D eigenvalue weighted by Gasteiger charge is 2.35. The first kappa shape index (κ1) is 15.1. The minimum atomic E-state index is -0.340. The summed E-state index contributed by atoms with van der Waals surface area (Å²) < 4.78 is 14.4. The molecular weight excluding hydrogens is 291 g/mol. The van der Waals surface area contributed by atoms with E-state index < -0.39 is 0 Å². The predicted molar refractivity (Wildman–Crippen MR) is 82.2 cm³/mol. The van der Waals surface area contributed by atoms with Crippen molar-refractivity contribution in [2.75, 3.05) is 26.2 Å². The Morgan fingerprint density at radius 1 is 1.24 bits per heavy atom. The third-order valence-electron chi connectivity index (χ3n) is 4.80. The minimum Gasteiger partial charge on any atom is -0.506 e. The Kier molecular flexibility index (Phi) is 4.67. The second-order valence-corrected chi connectivity index (χ2v) is 6.47. The number of phenols is 1. The highest BCUT2D eigenvalue weighted by atomic mass is 35.5. The van der Waals surface area contributed by atoms with Crippen LogP contribution in [0.2, 0.25) is 5.02 Å². The Balaban J connectivity index is 1.99. The quantitative estimate of drug-likeness (QED) is 0.898. The van der Waals surface area contributed by atoms with Crippen molar-refractivity contribution >= 4 is 11.6 Å². The van der Waals surface area contributed by atoms with Crippen molar-refractivity contribution in [1.29, 1.82) is 0 Å². The van der Waals surface area contributed by atoms with E-state index in [9.17, 15) is 9.50 Å². The fourth-order valence-electron chi connectivity index (χ4n) is 3.79. The number of nitrogens with zero attached hydrogens (tertiary/aromatic N) is 1. The molecule has 2 fully saturated rings. The van der Waals surface area contributed by atoms with Crippen LogP contribution in [0.4, 0.5) is 4.39 Å². The minimum absolute atomic E-state index is 0.0618. The van der Waals surface area contributed by atoms with Gasteiger partial charge in [-0.2, -0.15) is 0 Å². The van der Waals surface area contributed by atoms with Gasteiger partial charge in [-0.05, 0) is 30.9 Å². The van der Waals surface area contributed by atoms with Crippen molar-refractivity contribution < 1.29 is 9.50 Å². The summed E-state index contributed by atoms with van der Waals surface area (Å²) in [6.07, 6.45) is 4.58. The summed E-state index contributed by atoms with van der Waals surface area (Å²) >= 11 is 6.03. The first-order valence-electron chi connectivity index (χ1n) is 7.80. The van der Waals surface area contributed by atoms with Gasteiger partial charge < -0.3 is 10.4 Å². The third-order valence-corrected chi connectivity index (χ3v) is 5.11. The van der Waals surface area contributed by atoms with E-state index in [0.717, 1.165) is 39.0 Å². The summed E-state index contributed by atoms with van der Waals surface area (Å²) in [7, 11) is 0. The standard InChI is InChI=1S/C16H22ClFN2O/c17-12-5-6-13(18)14(16(12)21)15(11-3-1-2-4-11)20-9-7-19-8-10-20/h5-6,11,15,19,21H,1-4,7-10H2/t15-/m0/s1. The molecule has 3 nitrogen and oxygen atoms in total. The molecule has 0 spiro atoms. The van der Waals surface area contributed by atoms with Crippen LogP contribution in [-0.2, 0) is 0 Å². The number of benzene rings is 1. The monoisotopic (exact) mass is 312 g/mol. The molecule has 21 heavy (non-hydrogen) atoms. The maximum absolute atomic E-state index is 14.4. The Bertz CT molecular complexity index is 499. The fourth-order valence-corrected chi connectivity index (χ4v) is 3.95. The van der Waals surface area contributed by atoms with Gasteiger partial charge in [-0.1, -0.05) is 24.4 Å². The van der Waals surface area contributed by atoms with E-state index in [1.807, 2.05) is 0 Å². The molecule has 0 unspecified atom stereocenters. The molecule has 116 valence electrons. The molecule has 2 N–H and O–H groups in total. The van der Waals surface area contributed by atoms with Crippen LogP contribution >= 0.6 is 11.6 Å². The van der Waals surface area contributed by atoms with Gasteiger partial charge >= 0.3 is 0 Å². The SMILES string of the molecule is Oc1c(Cl)ccc(F)c1[C@H](C1CCCC1)N1CCNCC1. The molecule has 1 saturated heterocycles. The first-order valence-corrected chi connectivity index (χ1v) is 8.18. The van der Waals surface area contributed by atoms with Crippen molar-refractivity contribution in [3.63, 3.8) is 0 Å². The van der Waals surface area contributed by atoms with E-state index in [0.29, 0.717) is 11.5 Å². The average Bonchev–Trinajstić information content (AvgIpc) is 3.02. The van der Waals surface area contributed by atoms with Gasteiger partial charge in [-0.3, -0.25) is 4.90 Å². The molecule has 1 aromatic rings. The molecule has 1 aliphatic carbocycles. The highest BCUT2D eigenvalue weighted by molar-refractivity contribution is 6.32. The summed E-state index contributed by atoms with van der Waals surface area (Å²) in [6.45, 7) is 3.58. The molecule has 0 aromatic heterocycles. The van der Waals surface area contributed by atoms with Crippen LogP contribution in [0.15, 0.2) is 12.1 Å². The Labute approximate surface area is 130 Å². The Hall–Kier alpha value is -0.840. The zero-order valence-corrected chi connectivity index (χ0v) is 12.9. The van der Waals surface area contributed by atoms with Gasteiger partial charge in [-0.15, -0.1) is 0 Å². The Morgan fingerprint density at radius 2 is 1.90 bits per heavy atom. The zero-order valence-electron chi connectivity index (χ0n) is 12.1. The average molecular weight is 313 g/mol. The van der Waals surface area contributed by atoms with E-state index >= 15 is 0 Å². The van der Waals surface area contributed by atoms with E-state index in [-0.39, 0.29) is 22.6 Å². The molecule has 1 saturated carbocycles. The second-order valence-electron chi connectivity index (χ2n) is 6.07. The molecule has 1 aromatic carbocycles. The normalized spacial score (nSPS) is 22.6. The number of aromatic hydroxyl groups is 1. The molecule has 1 atom stereocenters. The van der Waals surface area contributed by atoms with Crippen molar-refractivity contribution in [1.82, 2.24) is 10.2 Å². The van der Waals surface area contributed by atoms with Gasteiger partial charge in [0.05, 0.1) is 5.02 Å². The van der Waals surface area contributed by atoms with Gasteiger partial charge in [0.15, 0.2) is 0 Å². The number of rotatable bonds is 3. The van der Waals surface area contributed by atoms with Crippen molar-refractivity contribution in [3.05, 3.63) is 28.5 Å². The number of nitrogens with one attached hydrogen (secondary N) is 1. The molecule has 3 rings (SSSR count). The molecule has 0 amide bonds. The van der Waals surface area contributed by atoms with Gasteiger partial charge in [-0.25, -0.2) is 4.39 Å². The lowest BCUT2D eigenvalue weighted by atomic mass is 9.88. The van der Waals surface area contributed by atoms with Crippen molar-refractivity contribution in [2.45, 2.75) is 31.7 Å². The lowest BCUT2D eigenvalue weighted by Gasteiger charge is -2.39. The van der Waals surface area contributed by atoms with Crippen LogP contribution in [0, 0.1) is 11.7 Å². The van der Waals surface area contributed by atoms with Crippen molar-refractivity contribution in [2.24, 2.45) is 5.92 Å².